The van der Waals surface area contributed by atoms with Gasteiger partial charge < -0.3 is 5.11 Å². The number of pyridine rings is 1. The van der Waals surface area contributed by atoms with E-state index in [0.717, 1.165) is 16.7 Å². The summed E-state index contributed by atoms with van der Waals surface area (Å²) in [6, 6.07) is 1.90. The molecule has 0 unspecified atom stereocenters. The number of aliphatic hydroxyl groups is 1. The zero-order chi connectivity index (χ0) is 8.27. The molecule has 11 heavy (non-hydrogen) atoms. The Morgan fingerprint density at radius 1 is 1.73 bits per heavy atom. The average molecular weight is 149 g/mol. The van der Waals surface area contributed by atoms with Crippen LogP contribution < -0.4 is 0 Å². The summed E-state index contributed by atoms with van der Waals surface area (Å²) in [7, 11) is 0. The third kappa shape index (κ3) is 1.65. The van der Waals surface area contributed by atoms with Gasteiger partial charge in [-0.05, 0) is 24.1 Å². The summed E-state index contributed by atoms with van der Waals surface area (Å²) in [6.45, 7) is 5.68. The van der Waals surface area contributed by atoms with Crippen LogP contribution in [0.1, 0.15) is 11.1 Å². The molecule has 2 nitrogen and oxygen atoms in total. The Kier molecular flexibility index (Phi) is 2.39. The van der Waals surface area contributed by atoms with Crippen LogP contribution in [0.4, 0.5) is 0 Å². The molecule has 0 amide bonds. The van der Waals surface area contributed by atoms with Gasteiger partial charge in [-0.3, -0.25) is 4.98 Å². The van der Waals surface area contributed by atoms with E-state index in [-0.39, 0.29) is 6.61 Å². The highest BCUT2D eigenvalue weighted by atomic mass is 16.3. The normalized spacial score (nSPS) is 9.64. The van der Waals surface area contributed by atoms with Crippen molar-refractivity contribution in [2.45, 2.75) is 6.92 Å². The smallest absolute Gasteiger partial charge is 0.0682 e. The molecule has 2 heteroatoms. The van der Waals surface area contributed by atoms with Gasteiger partial charge in [0, 0.05) is 18.0 Å². The minimum Gasteiger partial charge on any atom is -0.392 e. The molecule has 1 rings (SSSR count). The van der Waals surface area contributed by atoms with E-state index >= 15 is 0 Å². The van der Waals surface area contributed by atoms with Crippen LogP contribution in [0.3, 0.4) is 0 Å². The highest BCUT2D eigenvalue weighted by molar-refractivity contribution is 5.65. The average Bonchev–Trinajstić information content (AvgIpc) is 2.04. The molecule has 58 valence electrons. The summed E-state index contributed by atoms with van der Waals surface area (Å²) in [6.07, 6.45) is 3.44. The number of aryl methyl sites for hydroxylation is 1. The quantitative estimate of drug-likeness (QED) is 0.689. The molecule has 0 saturated heterocycles. The van der Waals surface area contributed by atoms with Gasteiger partial charge in [0.15, 0.2) is 0 Å². The third-order valence-corrected chi connectivity index (χ3v) is 1.61. The molecule has 1 N–H and O–H groups in total. The van der Waals surface area contributed by atoms with Gasteiger partial charge in [-0.25, -0.2) is 0 Å². The van der Waals surface area contributed by atoms with Crippen molar-refractivity contribution in [3.63, 3.8) is 0 Å². The van der Waals surface area contributed by atoms with Gasteiger partial charge in [0.05, 0.1) is 6.61 Å². The molecule has 0 aliphatic heterocycles. The predicted octanol–water partition coefficient (Wildman–Crippen LogP) is 1.40. The Morgan fingerprint density at radius 2 is 2.45 bits per heavy atom. The summed E-state index contributed by atoms with van der Waals surface area (Å²) in [5, 5.41) is 8.79. The number of rotatable bonds is 2. The second-order valence-corrected chi connectivity index (χ2v) is 2.45. The van der Waals surface area contributed by atoms with Crippen molar-refractivity contribution in [2.75, 3.05) is 6.61 Å². The summed E-state index contributed by atoms with van der Waals surface area (Å²) in [4.78, 5) is 3.94. The lowest BCUT2D eigenvalue weighted by atomic mass is 10.1. The van der Waals surface area contributed by atoms with Crippen molar-refractivity contribution >= 4 is 5.57 Å². The van der Waals surface area contributed by atoms with Gasteiger partial charge in [0.2, 0.25) is 0 Å². The molecule has 0 aliphatic rings. The van der Waals surface area contributed by atoms with E-state index in [0.29, 0.717) is 0 Å². The van der Waals surface area contributed by atoms with Gasteiger partial charge in [-0.2, -0.15) is 0 Å². The minimum absolute atomic E-state index is 0.00741. The number of hydrogen-bond donors (Lipinski definition) is 1. The lowest BCUT2D eigenvalue weighted by Crippen LogP contribution is -1.92. The SMILES string of the molecule is C=C(CO)c1cnccc1C. The first-order valence-electron chi connectivity index (χ1n) is 3.45. The largest absolute Gasteiger partial charge is 0.392 e. The zero-order valence-electron chi connectivity index (χ0n) is 6.54. The van der Waals surface area contributed by atoms with Gasteiger partial charge in [-0.15, -0.1) is 0 Å². The second kappa shape index (κ2) is 3.30. The zero-order valence-corrected chi connectivity index (χ0v) is 6.54. The van der Waals surface area contributed by atoms with E-state index < -0.39 is 0 Å². The molecule has 0 fully saturated rings. The lowest BCUT2D eigenvalue weighted by molar-refractivity contribution is 0.350. The maximum Gasteiger partial charge on any atom is 0.0682 e. The fourth-order valence-electron chi connectivity index (χ4n) is 0.919. The van der Waals surface area contributed by atoms with Crippen molar-refractivity contribution < 1.29 is 5.11 Å². The first kappa shape index (κ1) is 7.95. The Hall–Kier alpha value is -1.15. The summed E-state index contributed by atoms with van der Waals surface area (Å²) in [5.74, 6) is 0. The maximum atomic E-state index is 8.79. The van der Waals surface area contributed by atoms with Crippen LogP contribution in [0.15, 0.2) is 25.0 Å². The van der Waals surface area contributed by atoms with Crippen molar-refractivity contribution in [2.24, 2.45) is 0 Å². The van der Waals surface area contributed by atoms with E-state index in [2.05, 4.69) is 11.6 Å². The van der Waals surface area contributed by atoms with Crippen LogP contribution in [0.25, 0.3) is 5.57 Å². The molecule has 0 saturated carbocycles. The second-order valence-electron chi connectivity index (χ2n) is 2.45. The van der Waals surface area contributed by atoms with E-state index in [1.807, 2.05) is 13.0 Å². The fraction of sp³-hybridized carbons (Fsp3) is 0.222. The Labute approximate surface area is 66.2 Å². The lowest BCUT2D eigenvalue weighted by Gasteiger charge is -2.03. The first-order chi connectivity index (χ1) is 5.25. The van der Waals surface area contributed by atoms with Gasteiger partial charge in [0.25, 0.3) is 0 Å². The molecule has 0 bridgehead atoms. The third-order valence-electron chi connectivity index (χ3n) is 1.61. The topological polar surface area (TPSA) is 33.1 Å². The molecule has 0 radical (unpaired) electrons. The number of aromatic nitrogens is 1. The first-order valence-corrected chi connectivity index (χ1v) is 3.45. The molecule has 1 aromatic heterocycles. The van der Waals surface area contributed by atoms with Crippen LogP contribution in [0.5, 0.6) is 0 Å². The highest BCUT2D eigenvalue weighted by Crippen LogP contribution is 2.13. The van der Waals surface area contributed by atoms with Crippen LogP contribution in [0.2, 0.25) is 0 Å². The van der Waals surface area contributed by atoms with Crippen LogP contribution in [-0.4, -0.2) is 16.7 Å². The number of aliphatic hydroxyl groups excluding tert-OH is 1. The Balaban J connectivity index is 3.03. The number of nitrogens with zero attached hydrogens (tertiary/aromatic N) is 1. The maximum absolute atomic E-state index is 8.79. The molecular formula is C9H11NO. The monoisotopic (exact) mass is 149 g/mol. The molecule has 0 aliphatic carbocycles. The summed E-state index contributed by atoms with van der Waals surface area (Å²) in [5.41, 5.74) is 2.75. The van der Waals surface area contributed by atoms with Crippen molar-refractivity contribution in [1.82, 2.24) is 4.98 Å². The summed E-state index contributed by atoms with van der Waals surface area (Å²) < 4.78 is 0. The van der Waals surface area contributed by atoms with Gasteiger partial charge >= 0.3 is 0 Å². The standard InChI is InChI=1S/C9H11NO/c1-7-3-4-10-5-9(7)8(2)6-11/h3-5,11H,2,6H2,1H3. The van der Waals surface area contributed by atoms with Crippen molar-refractivity contribution in [3.05, 3.63) is 36.2 Å². The van der Waals surface area contributed by atoms with Crippen LogP contribution in [-0.2, 0) is 0 Å². The molecule has 0 spiro atoms. The minimum atomic E-state index is -0.00741. The number of hydrogen-bond acceptors (Lipinski definition) is 2. The Morgan fingerprint density at radius 3 is 3.00 bits per heavy atom. The molecule has 0 aromatic carbocycles. The Bertz CT molecular complexity index is 268. The van der Waals surface area contributed by atoms with Crippen LogP contribution >= 0.6 is 0 Å². The molecular weight excluding hydrogens is 138 g/mol. The van der Waals surface area contributed by atoms with Gasteiger partial charge in [-0.1, -0.05) is 6.58 Å². The summed E-state index contributed by atoms with van der Waals surface area (Å²) >= 11 is 0. The van der Waals surface area contributed by atoms with Crippen LogP contribution in [0, 0.1) is 6.92 Å². The molecule has 1 aromatic rings. The fourth-order valence-corrected chi connectivity index (χ4v) is 0.919. The van der Waals surface area contributed by atoms with E-state index in [9.17, 15) is 0 Å². The van der Waals surface area contributed by atoms with E-state index in [4.69, 9.17) is 5.11 Å². The van der Waals surface area contributed by atoms with Crippen molar-refractivity contribution in [3.8, 4) is 0 Å². The van der Waals surface area contributed by atoms with Crippen molar-refractivity contribution in [1.29, 1.82) is 0 Å². The molecule has 1 heterocycles. The predicted molar refractivity (Wildman–Crippen MR) is 45.1 cm³/mol. The van der Waals surface area contributed by atoms with Gasteiger partial charge in [0.1, 0.15) is 0 Å². The van der Waals surface area contributed by atoms with E-state index in [1.165, 1.54) is 0 Å². The van der Waals surface area contributed by atoms with E-state index in [1.54, 1.807) is 12.4 Å². The molecule has 0 atom stereocenters. The highest BCUT2D eigenvalue weighted by Gasteiger charge is 1.99.